The van der Waals surface area contributed by atoms with Gasteiger partial charge in [-0.3, -0.25) is 9.11 Å². The van der Waals surface area contributed by atoms with Gasteiger partial charge >= 0.3 is 0 Å². The van der Waals surface area contributed by atoms with Crippen molar-refractivity contribution in [2.24, 2.45) is 0 Å². The quantitative estimate of drug-likeness (QED) is 0.801. The first kappa shape index (κ1) is 13.0. The Morgan fingerprint density at radius 3 is 2.00 bits per heavy atom. The summed E-state index contributed by atoms with van der Waals surface area (Å²) < 4.78 is 62.6. The van der Waals surface area contributed by atoms with E-state index in [1.807, 2.05) is 0 Å². The van der Waals surface area contributed by atoms with Crippen molar-refractivity contribution >= 4 is 31.0 Å². The van der Waals surface area contributed by atoms with Gasteiger partial charge in [0.1, 0.15) is 9.79 Å². The fourth-order valence-electron chi connectivity index (χ4n) is 1.62. The minimum absolute atomic E-state index is 0.00799. The molecule has 1 radical (unpaired) electrons. The summed E-state index contributed by atoms with van der Waals surface area (Å²) in [7, 11) is -8.99. The molecule has 0 saturated heterocycles. The predicted octanol–water partition coefficient (Wildman–Crippen LogP) is 1.13. The first-order valence-electron chi connectivity index (χ1n) is 4.59. The van der Waals surface area contributed by atoms with Crippen molar-refractivity contribution in [3.05, 3.63) is 36.4 Å². The summed E-state index contributed by atoms with van der Waals surface area (Å²) >= 11 is 0. The molecule has 0 unspecified atom stereocenters. The molecule has 95 valence electrons. The number of benzene rings is 2. The summed E-state index contributed by atoms with van der Waals surface area (Å²) in [5.41, 5.74) is 0. The van der Waals surface area contributed by atoms with Gasteiger partial charge in [0.05, 0.1) is 0 Å². The van der Waals surface area contributed by atoms with Gasteiger partial charge in [0.25, 0.3) is 20.2 Å². The molecule has 2 aromatic carbocycles. The summed E-state index contributed by atoms with van der Waals surface area (Å²) in [6.07, 6.45) is 0. The van der Waals surface area contributed by atoms with E-state index in [9.17, 15) is 16.8 Å². The Hall–Kier alpha value is -1.48. The van der Waals surface area contributed by atoms with E-state index in [1.54, 1.807) is 0 Å². The molecule has 0 saturated carbocycles. The Kier molecular flexibility index (Phi) is 2.90. The van der Waals surface area contributed by atoms with Crippen LogP contribution in [-0.4, -0.2) is 25.9 Å². The molecule has 2 aromatic rings. The largest absolute Gasteiger partial charge is 0.295 e. The van der Waals surface area contributed by atoms with Crippen LogP contribution in [0.2, 0.25) is 0 Å². The lowest BCUT2D eigenvalue weighted by atomic mass is 10.1. The molecule has 8 heteroatoms. The Balaban J connectivity index is 3.00. The Labute approximate surface area is 103 Å². The Morgan fingerprint density at radius 1 is 0.833 bits per heavy atom. The van der Waals surface area contributed by atoms with Crippen molar-refractivity contribution in [3.63, 3.8) is 0 Å². The van der Waals surface area contributed by atoms with Crippen LogP contribution in [0.25, 0.3) is 10.8 Å². The highest BCUT2D eigenvalue weighted by Gasteiger charge is 2.19. The normalized spacial score (nSPS) is 12.8. The van der Waals surface area contributed by atoms with Crippen molar-refractivity contribution in [3.8, 4) is 0 Å². The minimum atomic E-state index is -4.50. The number of hydrogen-bond donors (Lipinski definition) is 2. The van der Waals surface area contributed by atoms with Crippen molar-refractivity contribution in [1.82, 2.24) is 0 Å². The first-order valence-corrected chi connectivity index (χ1v) is 7.47. The van der Waals surface area contributed by atoms with Gasteiger partial charge in [0, 0.05) is 10.8 Å². The van der Waals surface area contributed by atoms with E-state index < -0.39 is 30.0 Å². The molecule has 0 heterocycles. The molecule has 0 fully saturated rings. The first-order chi connectivity index (χ1) is 8.21. The second kappa shape index (κ2) is 4.02. The van der Waals surface area contributed by atoms with E-state index >= 15 is 0 Å². The molecule has 6 nitrogen and oxygen atoms in total. The molecule has 0 bridgehead atoms. The molecule has 2 N–H and O–H groups in total. The van der Waals surface area contributed by atoms with Crippen molar-refractivity contribution < 1.29 is 25.9 Å². The maximum atomic E-state index is 11.1. The maximum absolute atomic E-state index is 11.1. The molecule has 2 rings (SSSR count). The van der Waals surface area contributed by atoms with Gasteiger partial charge in [-0.25, -0.2) is 0 Å². The number of rotatable bonds is 2. The van der Waals surface area contributed by atoms with Crippen LogP contribution in [0.15, 0.2) is 40.1 Å². The lowest BCUT2D eigenvalue weighted by Gasteiger charge is -2.06. The van der Waals surface area contributed by atoms with Crippen LogP contribution in [0.5, 0.6) is 0 Å². The molecule has 0 spiro atoms. The van der Waals surface area contributed by atoms with Gasteiger partial charge in [-0.2, -0.15) is 16.8 Å². The highest BCUT2D eigenvalue weighted by Crippen LogP contribution is 2.27. The third-order valence-corrected chi connectivity index (χ3v) is 4.13. The summed E-state index contributed by atoms with van der Waals surface area (Å²) in [5, 5.41) is -0.0403. The maximum Gasteiger partial charge on any atom is 0.295 e. The molecule has 0 aliphatic carbocycles. The van der Waals surface area contributed by atoms with Gasteiger partial charge in [-0.15, -0.1) is 0 Å². The lowest BCUT2D eigenvalue weighted by Crippen LogP contribution is -2.02. The topological polar surface area (TPSA) is 109 Å². The van der Waals surface area contributed by atoms with Gasteiger partial charge in [0.2, 0.25) is 0 Å². The van der Waals surface area contributed by atoms with Crippen LogP contribution < -0.4 is 0 Å². The van der Waals surface area contributed by atoms with Crippen LogP contribution in [0, 0.1) is 6.07 Å². The van der Waals surface area contributed by atoms with Crippen LogP contribution in [-0.2, 0) is 20.2 Å². The molecular formula is C10H7O6S2. The Bertz CT molecular complexity index is 749. The second-order valence-corrected chi connectivity index (χ2v) is 6.27. The van der Waals surface area contributed by atoms with E-state index in [1.165, 1.54) is 18.2 Å². The second-order valence-electron chi connectivity index (χ2n) is 3.49. The standard InChI is InChI=1S/C10H7O6S2/c11-17(12,13)9-5-1-3-7-8(9)4-2-6-10(7)18(14,15)16/h1,3-6H,(H,11,12,13)(H,14,15,16). The molecule has 0 atom stereocenters. The van der Waals surface area contributed by atoms with E-state index in [0.29, 0.717) is 0 Å². The smallest absolute Gasteiger partial charge is 0.282 e. The van der Waals surface area contributed by atoms with E-state index in [0.717, 1.165) is 12.1 Å². The molecule has 0 amide bonds. The molecule has 18 heavy (non-hydrogen) atoms. The van der Waals surface area contributed by atoms with E-state index in [4.69, 9.17) is 9.11 Å². The summed E-state index contributed by atoms with van der Waals surface area (Å²) in [5.74, 6) is 0. The average molecular weight is 287 g/mol. The highest BCUT2D eigenvalue weighted by molar-refractivity contribution is 7.86. The monoisotopic (exact) mass is 287 g/mol. The van der Waals surface area contributed by atoms with Crippen LogP contribution in [0.4, 0.5) is 0 Å². The highest BCUT2D eigenvalue weighted by atomic mass is 32.2. The minimum Gasteiger partial charge on any atom is -0.282 e. The van der Waals surface area contributed by atoms with Gasteiger partial charge in [-0.05, 0) is 24.3 Å². The molecule has 0 aromatic heterocycles. The van der Waals surface area contributed by atoms with Gasteiger partial charge in [-0.1, -0.05) is 12.1 Å². The van der Waals surface area contributed by atoms with E-state index in [2.05, 4.69) is 6.07 Å². The van der Waals surface area contributed by atoms with Gasteiger partial charge in [0.15, 0.2) is 0 Å². The third-order valence-electron chi connectivity index (χ3n) is 2.33. The summed E-state index contributed by atoms with van der Waals surface area (Å²) in [6.45, 7) is 0. The zero-order valence-corrected chi connectivity index (χ0v) is 10.4. The van der Waals surface area contributed by atoms with Crippen molar-refractivity contribution in [2.75, 3.05) is 0 Å². The van der Waals surface area contributed by atoms with Crippen LogP contribution >= 0.6 is 0 Å². The van der Waals surface area contributed by atoms with Crippen LogP contribution in [0.3, 0.4) is 0 Å². The SMILES string of the molecule is O=S(=O)(O)c1cccc2c(S(=O)(=O)O)c[c]cc12. The number of fused-ring (bicyclic) bond motifs is 1. The fourth-order valence-corrected chi connectivity index (χ4v) is 2.99. The van der Waals surface area contributed by atoms with Crippen LogP contribution in [0.1, 0.15) is 0 Å². The fraction of sp³-hybridized carbons (Fsp3) is 0. The van der Waals surface area contributed by atoms with Crippen molar-refractivity contribution in [2.45, 2.75) is 9.79 Å². The third kappa shape index (κ3) is 2.23. The average Bonchev–Trinajstić information content (AvgIpc) is 2.24. The Morgan fingerprint density at radius 2 is 1.44 bits per heavy atom. The molecule has 0 aliphatic rings. The summed E-state index contributed by atoms with van der Waals surface area (Å²) in [6, 6.07) is 8.35. The summed E-state index contributed by atoms with van der Waals surface area (Å²) in [4.78, 5) is -0.910. The van der Waals surface area contributed by atoms with Crippen molar-refractivity contribution in [1.29, 1.82) is 0 Å². The number of hydrogen-bond acceptors (Lipinski definition) is 4. The lowest BCUT2D eigenvalue weighted by molar-refractivity contribution is 0.481. The van der Waals surface area contributed by atoms with E-state index in [-0.39, 0.29) is 10.8 Å². The predicted molar refractivity (Wildman–Crippen MR) is 62.4 cm³/mol. The zero-order chi connectivity index (χ0) is 13.6. The zero-order valence-electron chi connectivity index (χ0n) is 8.73. The molecular weight excluding hydrogens is 280 g/mol. The van der Waals surface area contributed by atoms with Gasteiger partial charge < -0.3 is 0 Å². The molecule has 0 aliphatic heterocycles.